The zero-order valence-corrected chi connectivity index (χ0v) is 10.5. The van der Waals surface area contributed by atoms with Crippen molar-refractivity contribution in [1.29, 1.82) is 5.26 Å². The van der Waals surface area contributed by atoms with E-state index in [4.69, 9.17) is 0 Å². The van der Waals surface area contributed by atoms with Crippen LogP contribution in [0.1, 0.15) is 45.4 Å². The summed E-state index contributed by atoms with van der Waals surface area (Å²) in [6, 6.07) is 2.85. The van der Waals surface area contributed by atoms with E-state index < -0.39 is 0 Å². The average molecular weight is 224 g/mol. The SMILES string of the molecule is CC(O)CCN(C)C1CCCCCC1C#N. The summed E-state index contributed by atoms with van der Waals surface area (Å²) >= 11 is 0. The number of aliphatic hydroxyl groups is 1. The third-order valence-electron chi connectivity index (χ3n) is 3.61. The Hall–Kier alpha value is -0.590. The lowest BCUT2D eigenvalue weighted by Crippen LogP contribution is -2.38. The van der Waals surface area contributed by atoms with Crippen LogP contribution >= 0.6 is 0 Å². The van der Waals surface area contributed by atoms with Gasteiger partial charge in [-0.3, -0.25) is 0 Å². The van der Waals surface area contributed by atoms with E-state index in [0.717, 1.165) is 25.8 Å². The zero-order chi connectivity index (χ0) is 12.0. The molecule has 0 saturated heterocycles. The number of hydrogen-bond acceptors (Lipinski definition) is 3. The highest BCUT2D eigenvalue weighted by atomic mass is 16.3. The summed E-state index contributed by atoms with van der Waals surface area (Å²) in [6.07, 6.45) is 6.42. The molecule has 0 aromatic carbocycles. The molecule has 1 fully saturated rings. The van der Waals surface area contributed by atoms with E-state index in [0.29, 0.717) is 6.04 Å². The molecule has 0 aromatic rings. The quantitative estimate of drug-likeness (QED) is 0.744. The van der Waals surface area contributed by atoms with Crippen LogP contribution in [0.4, 0.5) is 0 Å². The number of nitrogens with zero attached hydrogens (tertiary/aromatic N) is 2. The van der Waals surface area contributed by atoms with Crippen LogP contribution in [0.2, 0.25) is 0 Å². The van der Waals surface area contributed by atoms with E-state index in [-0.39, 0.29) is 12.0 Å². The van der Waals surface area contributed by atoms with E-state index in [2.05, 4.69) is 18.0 Å². The Labute approximate surface area is 99.1 Å². The van der Waals surface area contributed by atoms with E-state index in [1.807, 2.05) is 6.92 Å². The lowest BCUT2D eigenvalue weighted by Gasteiger charge is -2.30. The van der Waals surface area contributed by atoms with Gasteiger partial charge in [0.15, 0.2) is 0 Å². The molecule has 1 saturated carbocycles. The Morgan fingerprint density at radius 2 is 2.06 bits per heavy atom. The van der Waals surface area contributed by atoms with Crippen LogP contribution in [0.3, 0.4) is 0 Å². The Bertz CT molecular complexity index is 235. The van der Waals surface area contributed by atoms with Crippen LogP contribution in [0.5, 0.6) is 0 Å². The molecule has 92 valence electrons. The first kappa shape index (κ1) is 13.5. The molecule has 3 unspecified atom stereocenters. The fourth-order valence-electron chi connectivity index (χ4n) is 2.52. The van der Waals surface area contributed by atoms with Gasteiger partial charge in [0, 0.05) is 12.6 Å². The first-order chi connectivity index (χ1) is 7.65. The fraction of sp³-hybridized carbons (Fsp3) is 0.923. The minimum absolute atomic E-state index is 0.182. The van der Waals surface area contributed by atoms with Gasteiger partial charge >= 0.3 is 0 Å². The molecule has 3 atom stereocenters. The molecule has 1 N–H and O–H groups in total. The van der Waals surface area contributed by atoms with Gasteiger partial charge in [-0.15, -0.1) is 0 Å². The monoisotopic (exact) mass is 224 g/mol. The van der Waals surface area contributed by atoms with Crippen molar-refractivity contribution in [3.8, 4) is 6.07 Å². The lowest BCUT2D eigenvalue weighted by atomic mass is 9.95. The molecule has 16 heavy (non-hydrogen) atoms. The van der Waals surface area contributed by atoms with Gasteiger partial charge in [0.05, 0.1) is 18.1 Å². The molecule has 0 aliphatic heterocycles. The second-order valence-electron chi connectivity index (χ2n) is 5.06. The first-order valence-electron chi connectivity index (χ1n) is 6.43. The molecule has 0 radical (unpaired) electrons. The van der Waals surface area contributed by atoms with Gasteiger partial charge in [0.2, 0.25) is 0 Å². The maximum atomic E-state index is 9.29. The Balaban J connectivity index is 2.49. The van der Waals surface area contributed by atoms with Crippen molar-refractivity contribution in [3.63, 3.8) is 0 Å². The number of hydrogen-bond donors (Lipinski definition) is 1. The Morgan fingerprint density at radius 3 is 2.69 bits per heavy atom. The number of aliphatic hydroxyl groups excluding tert-OH is 1. The molecule has 0 spiro atoms. The highest BCUT2D eigenvalue weighted by Gasteiger charge is 2.26. The van der Waals surface area contributed by atoms with Crippen LogP contribution in [-0.4, -0.2) is 35.7 Å². The van der Waals surface area contributed by atoms with Gasteiger partial charge in [-0.25, -0.2) is 0 Å². The largest absolute Gasteiger partial charge is 0.393 e. The van der Waals surface area contributed by atoms with Crippen molar-refractivity contribution in [2.45, 2.75) is 57.6 Å². The fourth-order valence-corrected chi connectivity index (χ4v) is 2.52. The van der Waals surface area contributed by atoms with Crippen molar-refractivity contribution in [1.82, 2.24) is 4.90 Å². The summed E-state index contributed by atoms with van der Waals surface area (Å²) in [7, 11) is 2.09. The van der Waals surface area contributed by atoms with Crippen LogP contribution in [0, 0.1) is 17.2 Å². The van der Waals surface area contributed by atoms with Crippen LogP contribution in [0.25, 0.3) is 0 Å². The molecule has 0 amide bonds. The van der Waals surface area contributed by atoms with E-state index in [1.54, 1.807) is 0 Å². The first-order valence-corrected chi connectivity index (χ1v) is 6.43. The molecule has 1 aliphatic rings. The van der Waals surface area contributed by atoms with Gasteiger partial charge in [-0.05, 0) is 33.2 Å². The van der Waals surface area contributed by atoms with Gasteiger partial charge in [-0.2, -0.15) is 5.26 Å². The molecule has 0 heterocycles. The topological polar surface area (TPSA) is 47.3 Å². The van der Waals surface area contributed by atoms with Crippen molar-refractivity contribution in [3.05, 3.63) is 0 Å². The maximum Gasteiger partial charge on any atom is 0.0672 e. The molecular formula is C13H24N2O. The number of rotatable bonds is 4. The van der Waals surface area contributed by atoms with Crippen LogP contribution in [0.15, 0.2) is 0 Å². The van der Waals surface area contributed by atoms with Gasteiger partial charge in [0.1, 0.15) is 0 Å². The molecular weight excluding hydrogens is 200 g/mol. The standard InChI is InChI=1S/C13H24N2O/c1-11(16)8-9-15(2)13-7-5-3-4-6-12(13)10-14/h11-13,16H,3-9H2,1-2H3. The maximum absolute atomic E-state index is 9.29. The lowest BCUT2D eigenvalue weighted by molar-refractivity contribution is 0.134. The van der Waals surface area contributed by atoms with Crippen LogP contribution in [-0.2, 0) is 0 Å². The highest BCUT2D eigenvalue weighted by molar-refractivity contribution is 4.94. The van der Waals surface area contributed by atoms with Gasteiger partial charge < -0.3 is 10.0 Å². The molecule has 1 aliphatic carbocycles. The summed E-state index contributed by atoms with van der Waals surface area (Å²) in [5.41, 5.74) is 0. The predicted octanol–water partition coefficient (Wildman–Crippen LogP) is 2.16. The van der Waals surface area contributed by atoms with E-state index in [9.17, 15) is 10.4 Å². The van der Waals surface area contributed by atoms with Crippen molar-refractivity contribution < 1.29 is 5.11 Å². The summed E-state index contributed by atoms with van der Waals surface area (Å²) in [6.45, 7) is 2.71. The zero-order valence-electron chi connectivity index (χ0n) is 10.5. The molecule has 3 nitrogen and oxygen atoms in total. The second-order valence-corrected chi connectivity index (χ2v) is 5.06. The van der Waals surface area contributed by atoms with Crippen molar-refractivity contribution in [2.75, 3.05) is 13.6 Å². The van der Waals surface area contributed by atoms with Crippen LogP contribution < -0.4 is 0 Å². The van der Waals surface area contributed by atoms with Crippen molar-refractivity contribution >= 4 is 0 Å². The minimum Gasteiger partial charge on any atom is -0.393 e. The second kappa shape index (κ2) is 6.88. The molecule has 3 heteroatoms. The minimum atomic E-state index is -0.242. The third-order valence-corrected chi connectivity index (χ3v) is 3.61. The Morgan fingerprint density at radius 1 is 1.38 bits per heavy atom. The normalized spacial score (nSPS) is 28.4. The molecule has 1 rings (SSSR count). The van der Waals surface area contributed by atoms with Crippen molar-refractivity contribution in [2.24, 2.45) is 5.92 Å². The molecule has 0 aromatic heterocycles. The highest BCUT2D eigenvalue weighted by Crippen LogP contribution is 2.26. The smallest absolute Gasteiger partial charge is 0.0672 e. The predicted molar refractivity (Wildman–Crippen MR) is 64.9 cm³/mol. The van der Waals surface area contributed by atoms with E-state index in [1.165, 1.54) is 19.3 Å². The molecule has 0 bridgehead atoms. The van der Waals surface area contributed by atoms with E-state index >= 15 is 0 Å². The third kappa shape index (κ3) is 4.11. The summed E-state index contributed by atoms with van der Waals surface area (Å²) in [4.78, 5) is 2.27. The van der Waals surface area contributed by atoms with Gasteiger partial charge in [-0.1, -0.05) is 19.3 Å². The number of nitriles is 1. The summed E-state index contributed by atoms with van der Waals surface area (Å²) < 4.78 is 0. The summed E-state index contributed by atoms with van der Waals surface area (Å²) in [5, 5.41) is 18.5. The summed E-state index contributed by atoms with van der Waals surface area (Å²) in [5.74, 6) is 0.182. The Kier molecular flexibility index (Phi) is 5.79. The van der Waals surface area contributed by atoms with Gasteiger partial charge in [0.25, 0.3) is 0 Å². The average Bonchev–Trinajstić information content (AvgIpc) is 2.50.